The summed E-state index contributed by atoms with van der Waals surface area (Å²) in [5, 5.41) is 13.4. The molecular formula is C18H16N4O6. The number of nitrogens with zero attached hydrogens (tertiary/aromatic N) is 3. The van der Waals surface area contributed by atoms with Gasteiger partial charge in [0.05, 0.1) is 29.0 Å². The summed E-state index contributed by atoms with van der Waals surface area (Å²) in [7, 11) is 0. The van der Waals surface area contributed by atoms with E-state index in [4.69, 9.17) is 4.74 Å². The van der Waals surface area contributed by atoms with Crippen molar-refractivity contribution in [3.05, 3.63) is 63.8 Å². The predicted molar refractivity (Wildman–Crippen MR) is 96.8 cm³/mol. The van der Waals surface area contributed by atoms with Crippen LogP contribution in [0.15, 0.2) is 42.6 Å². The number of aromatic nitrogens is 1. The SMILES string of the molecule is O=C(CCN1C(=O)c2ccccc2C1=O)OCCNc1ccc([N+](=O)[O-])cn1. The number of fused-ring (bicyclic) bond motifs is 1. The molecule has 10 heteroatoms. The van der Waals surface area contributed by atoms with Gasteiger partial charge in [0.25, 0.3) is 17.5 Å². The third-order valence-corrected chi connectivity index (χ3v) is 4.05. The van der Waals surface area contributed by atoms with Crippen LogP contribution in [0.1, 0.15) is 27.1 Å². The molecule has 2 aromatic rings. The second-order valence-electron chi connectivity index (χ2n) is 5.86. The molecule has 28 heavy (non-hydrogen) atoms. The van der Waals surface area contributed by atoms with Gasteiger partial charge in [0.15, 0.2) is 0 Å². The van der Waals surface area contributed by atoms with Crippen LogP contribution >= 0.6 is 0 Å². The smallest absolute Gasteiger partial charge is 0.307 e. The average molecular weight is 384 g/mol. The Hall–Kier alpha value is -3.82. The van der Waals surface area contributed by atoms with E-state index in [1.807, 2.05) is 0 Å². The molecule has 2 amide bonds. The minimum absolute atomic E-state index is 0.0413. The van der Waals surface area contributed by atoms with Crippen molar-refractivity contribution < 1.29 is 24.0 Å². The number of anilines is 1. The molecule has 0 atom stereocenters. The van der Waals surface area contributed by atoms with E-state index in [1.54, 1.807) is 24.3 Å². The van der Waals surface area contributed by atoms with E-state index in [9.17, 15) is 24.5 Å². The van der Waals surface area contributed by atoms with E-state index >= 15 is 0 Å². The van der Waals surface area contributed by atoms with Gasteiger partial charge in [0.1, 0.15) is 18.6 Å². The lowest BCUT2D eigenvalue weighted by atomic mass is 10.1. The molecule has 1 N–H and O–H groups in total. The minimum Gasteiger partial charge on any atom is -0.464 e. The maximum atomic E-state index is 12.2. The number of amides is 2. The fourth-order valence-corrected chi connectivity index (χ4v) is 2.66. The molecule has 0 fully saturated rings. The van der Waals surface area contributed by atoms with E-state index in [-0.39, 0.29) is 31.8 Å². The average Bonchev–Trinajstić information content (AvgIpc) is 2.94. The molecule has 1 aliphatic rings. The highest BCUT2D eigenvalue weighted by Crippen LogP contribution is 2.22. The Morgan fingerprint density at radius 2 is 1.82 bits per heavy atom. The number of imide groups is 1. The number of carbonyl (C=O) groups is 3. The maximum absolute atomic E-state index is 12.2. The predicted octanol–water partition coefficient (Wildman–Crippen LogP) is 1.63. The molecule has 0 aliphatic carbocycles. The van der Waals surface area contributed by atoms with Gasteiger partial charge < -0.3 is 10.1 Å². The largest absolute Gasteiger partial charge is 0.464 e. The van der Waals surface area contributed by atoms with Crippen LogP contribution in [0, 0.1) is 10.1 Å². The van der Waals surface area contributed by atoms with Gasteiger partial charge in [-0.05, 0) is 18.2 Å². The molecule has 0 spiro atoms. The molecule has 1 aromatic carbocycles. The van der Waals surface area contributed by atoms with E-state index in [0.717, 1.165) is 11.1 Å². The number of hydrogen-bond acceptors (Lipinski definition) is 8. The van der Waals surface area contributed by atoms with Gasteiger partial charge in [-0.25, -0.2) is 4.98 Å². The van der Waals surface area contributed by atoms with Crippen LogP contribution in [-0.4, -0.2) is 52.3 Å². The summed E-state index contributed by atoms with van der Waals surface area (Å²) in [6, 6.07) is 9.26. The van der Waals surface area contributed by atoms with Crippen LogP contribution in [0.2, 0.25) is 0 Å². The highest BCUT2D eigenvalue weighted by molar-refractivity contribution is 6.21. The van der Waals surface area contributed by atoms with Crippen LogP contribution in [0.5, 0.6) is 0 Å². The van der Waals surface area contributed by atoms with E-state index in [0.29, 0.717) is 16.9 Å². The zero-order chi connectivity index (χ0) is 20.1. The highest BCUT2D eigenvalue weighted by atomic mass is 16.6. The molecule has 0 radical (unpaired) electrons. The molecular weight excluding hydrogens is 368 g/mol. The van der Waals surface area contributed by atoms with Crippen molar-refractivity contribution in [1.29, 1.82) is 0 Å². The van der Waals surface area contributed by atoms with Crippen molar-refractivity contribution in [2.24, 2.45) is 0 Å². The van der Waals surface area contributed by atoms with E-state index in [1.165, 1.54) is 12.1 Å². The van der Waals surface area contributed by atoms with Crippen LogP contribution in [0.3, 0.4) is 0 Å². The molecule has 0 bridgehead atoms. The summed E-state index contributed by atoms with van der Waals surface area (Å²) in [5.74, 6) is -0.971. The lowest BCUT2D eigenvalue weighted by Gasteiger charge is -2.13. The first kappa shape index (κ1) is 19.0. The summed E-state index contributed by atoms with van der Waals surface area (Å²) in [5.41, 5.74) is 0.548. The molecule has 0 saturated heterocycles. The first-order chi connectivity index (χ1) is 13.5. The summed E-state index contributed by atoms with van der Waals surface area (Å²) >= 11 is 0. The van der Waals surface area contributed by atoms with Gasteiger partial charge in [-0.3, -0.25) is 29.4 Å². The normalized spacial score (nSPS) is 12.6. The van der Waals surface area contributed by atoms with Gasteiger partial charge >= 0.3 is 5.97 Å². The Morgan fingerprint density at radius 1 is 1.14 bits per heavy atom. The molecule has 3 rings (SSSR count). The fourth-order valence-electron chi connectivity index (χ4n) is 2.66. The zero-order valence-electron chi connectivity index (χ0n) is 14.7. The molecule has 0 saturated carbocycles. The Bertz CT molecular complexity index is 893. The molecule has 1 aliphatic heterocycles. The zero-order valence-corrected chi connectivity index (χ0v) is 14.7. The number of ether oxygens (including phenoxy) is 1. The Morgan fingerprint density at radius 3 is 2.39 bits per heavy atom. The lowest BCUT2D eigenvalue weighted by Crippen LogP contribution is -2.32. The topological polar surface area (TPSA) is 132 Å². The number of esters is 1. The monoisotopic (exact) mass is 384 g/mol. The van der Waals surface area contributed by atoms with Crippen molar-refractivity contribution in [1.82, 2.24) is 9.88 Å². The van der Waals surface area contributed by atoms with Crippen molar-refractivity contribution in [3.8, 4) is 0 Å². The first-order valence-corrected chi connectivity index (χ1v) is 8.42. The summed E-state index contributed by atoms with van der Waals surface area (Å²) in [6.07, 6.45) is 1.01. The minimum atomic E-state index is -0.549. The number of pyridine rings is 1. The second kappa shape index (κ2) is 8.25. The van der Waals surface area contributed by atoms with Crippen molar-refractivity contribution in [2.45, 2.75) is 6.42 Å². The molecule has 1 aromatic heterocycles. The fraction of sp³-hybridized carbons (Fsp3) is 0.222. The third kappa shape index (κ3) is 4.11. The van der Waals surface area contributed by atoms with Gasteiger partial charge in [-0.15, -0.1) is 0 Å². The number of nitro groups is 1. The van der Waals surface area contributed by atoms with Gasteiger partial charge in [-0.2, -0.15) is 0 Å². The van der Waals surface area contributed by atoms with Crippen molar-refractivity contribution in [3.63, 3.8) is 0 Å². The van der Waals surface area contributed by atoms with Crippen LogP contribution in [0.4, 0.5) is 11.5 Å². The summed E-state index contributed by atoms with van der Waals surface area (Å²) < 4.78 is 5.05. The van der Waals surface area contributed by atoms with Crippen molar-refractivity contribution >= 4 is 29.3 Å². The first-order valence-electron chi connectivity index (χ1n) is 8.42. The number of benzene rings is 1. The number of carbonyl (C=O) groups excluding carboxylic acids is 3. The second-order valence-corrected chi connectivity index (χ2v) is 5.86. The van der Waals surface area contributed by atoms with Gasteiger partial charge in [-0.1, -0.05) is 12.1 Å². The van der Waals surface area contributed by atoms with Crippen LogP contribution in [0.25, 0.3) is 0 Å². The van der Waals surface area contributed by atoms with Gasteiger partial charge in [0, 0.05) is 12.6 Å². The Balaban J connectivity index is 1.39. The number of nitrogens with one attached hydrogen (secondary N) is 1. The molecule has 0 unspecified atom stereocenters. The standard InChI is InChI=1S/C18H16N4O6/c23-16(28-10-8-19-15-6-5-12(11-20-15)22(26)27)7-9-21-17(24)13-3-1-2-4-14(13)18(21)25/h1-6,11H,7-10H2,(H,19,20). The van der Waals surface area contributed by atoms with Gasteiger partial charge in [0.2, 0.25) is 0 Å². The van der Waals surface area contributed by atoms with Crippen LogP contribution in [-0.2, 0) is 9.53 Å². The number of hydrogen-bond donors (Lipinski definition) is 1. The van der Waals surface area contributed by atoms with E-state index < -0.39 is 22.7 Å². The number of rotatable bonds is 8. The van der Waals surface area contributed by atoms with Crippen molar-refractivity contribution in [2.75, 3.05) is 25.0 Å². The maximum Gasteiger partial charge on any atom is 0.307 e. The molecule has 2 heterocycles. The Labute approximate surface area is 159 Å². The Kier molecular flexibility index (Phi) is 5.58. The molecule has 144 valence electrons. The summed E-state index contributed by atoms with van der Waals surface area (Å²) in [6.45, 7) is 0.242. The molecule has 10 nitrogen and oxygen atoms in total. The highest BCUT2D eigenvalue weighted by Gasteiger charge is 2.35. The quantitative estimate of drug-likeness (QED) is 0.239. The van der Waals surface area contributed by atoms with Crippen LogP contribution < -0.4 is 5.32 Å². The summed E-state index contributed by atoms with van der Waals surface area (Å²) in [4.78, 5) is 51.1. The lowest BCUT2D eigenvalue weighted by molar-refractivity contribution is -0.385. The third-order valence-electron chi connectivity index (χ3n) is 4.05. The van der Waals surface area contributed by atoms with E-state index in [2.05, 4.69) is 10.3 Å².